The molecule has 1 rings (SSSR count). The van der Waals surface area contributed by atoms with E-state index in [1.54, 1.807) is 6.92 Å². The largest absolute Gasteiger partial charge is 0.466 e. The maximum Gasteiger partial charge on any atom is 0.387 e. The maximum absolute atomic E-state index is 12.1. The summed E-state index contributed by atoms with van der Waals surface area (Å²) in [6.45, 7) is -0.887. The molecule has 0 saturated carbocycles. The fourth-order valence-electron chi connectivity index (χ4n) is 1.28. The number of carbonyl (C=O) groups is 1. The number of esters is 1. The Kier molecular flexibility index (Phi) is 6.01. The van der Waals surface area contributed by atoms with Crippen molar-refractivity contribution in [3.63, 3.8) is 0 Å². The van der Waals surface area contributed by atoms with Crippen LogP contribution in [0.4, 0.5) is 8.78 Å². The van der Waals surface area contributed by atoms with Crippen molar-refractivity contribution >= 4 is 37.8 Å². The molecular formula is C11H10Br2F2O3. The molecule has 100 valence electrons. The van der Waals surface area contributed by atoms with Crippen LogP contribution < -0.4 is 4.74 Å². The quantitative estimate of drug-likeness (QED) is 0.718. The molecule has 0 aromatic heterocycles. The van der Waals surface area contributed by atoms with Crippen LogP contribution in [-0.2, 0) is 16.0 Å². The van der Waals surface area contributed by atoms with E-state index in [4.69, 9.17) is 4.74 Å². The zero-order valence-corrected chi connectivity index (χ0v) is 12.6. The first-order valence-corrected chi connectivity index (χ1v) is 6.61. The number of alkyl halides is 2. The third-order valence-electron chi connectivity index (χ3n) is 1.97. The monoisotopic (exact) mass is 386 g/mol. The molecule has 0 radical (unpaired) electrons. The second kappa shape index (κ2) is 7.04. The molecule has 18 heavy (non-hydrogen) atoms. The highest BCUT2D eigenvalue weighted by Gasteiger charge is 2.14. The first-order valence-electron chi connectivity index (χ1n) is 5.02. The molecule has 0 heterocycles. The molecule has 0 aliphatic rings. The molecule has 0 fully saturated rings. The van der Waals surface area contributed by atoms with E-state index in [2.05, 4.69) is 36.6 Å². The molecule has 0 bridgehead atoms. The first-order chi connectivity index (χ1) is 8.43. The van der Waals surface area contributed by atoms with Crippen molar-refractivity contribution in [1.29, 1.82) is 0 Å². The van der Waals surface area contributed by atoms with Crippen LogP contribution in [0.15, 0.2) is 21.1 Å². The molecule has 0 unspecified atom stereocenters. The SMILES string of the molecule is CCOC(=O)Cc1c(Br)cc(OC(F)F)cc1Br. The van der Waals surface area contributed by atoms with Gasteiger partial charge < -0.3 is 9.47 Å². The topological polar surface area (TPSA) is 35.5 Å². The van der Waals surface area contributed by atoms with E-state index in [0.29, 0.717) is 21.1 Å². The summed E-state index contributed by atoms with van der Waals surface area (Å²) < 4.78 is 34.2. The van der Waals surface area contributed by atoms with Gasteiger partial charge in [0, 0.05) is 8.95 Å². The predicted molar refractivity (Wildman–Crippen MR) is 68.8 cm³/mol. The number of rotatable bonds is 5. The lowest BCUT2D eigenvalue weighted by atomic mass is 10.1. The average molecular weight is 388 g/mol. The Hall–Kier alpha value is -0.690. The van der Waals surface area contributed by atoms with Crippen molar-refractivity contribution in [3.8, 4) is 5.75 Å². The molecule has 0 atom stereocenters. The number of benzene rings is 1. The van der Waals surface area contributed by atoms with Crippen molar-refractivity contribution in [1.82, 2.24) is 0 Å². The minimum absolute atomic E-state index is 0.0105. The summed E-state index contributed by atoms with van der Waals surface area (Å²) in [4.78, 5) is 11.4. The van der Waals surface area contributed by atoms with Gasteiger partial charge in [0.15, 0.2) is 0 Å². The van der Waals surface area contributed by atoms with Crippen molar-refractivity contribution in [2.75, 3.05) is 6.61 Å². The van der Waals surface area contributed by atoms with E-state index in [-0.39, 0.29) is 18.1 Å². The van der Waals surface area contributed by atoms with Gasteiger partial charge in [-0.3, -0.25) is 4.79 Å². The number of ether oxygens (including phenoxy) is 2. The summed E-state index contributed by atoms with van der Waals surface area (Å²) in [6.07, 6.45) is 0.0456. The van der Waals surface area contributed by atoms with Gasteiger partial charge in [-0.2, -0.15) is 8.78 Å². The zero-order valence-electron chi connectivity index (χ0n) is 9.38. The van der Waals surface area contributed by atoms with E-state index in [9.17, 15) is 13.6 Å². The third-order valence-corrected chi connectivity index (χ3v) is 3.38. The summed E-state index contributed by atoms with van der Waals surface area (Å²) in [5.74, 6) is -0.377. The Morgan fingerprint density at radius 2 is 1.89 bits per heavy atom. The van der Waals surface area contributed by atoms with Crippen molar-refractivity contribution in [3.05, 3.63) is 26.6 Å². The molecule has 0 amide bonds. The minimum Gasteiger partial charge on any atom is -0.466 e. The van der Waals surface area contributed by atoms with Gasteiger partial charge in [0.05, 0.1) is 13.0 Å². The summed E-state index contributed by atoms with van der Waals surface area (Å²) in [6, 6.07) is 2.76. The summed E-state index contributed by atoms with van der Waals surface area (Å²) in [5.41, 5.74) is 0.620. The van der Waals surface area contributed by atoms with Gasteiger partial charge in [-0.05, 0) is 24.6 Å². The number of hydrogen-bond acceptors (Lipinski definition) is 3. The first kappa shape index (κ1) is 15.4. The van der Waals surface area contributed by atoms with Gasteiger partial charge in [-0.25, -0.2) is 0 Å². The minimum atomic E-state index is -2.89. The van der Waals surface area contributed by atoms with Crippen LogP contribution in [0.5, 0.6) is 5.75 Å². The van der Waals surface area contributed by atoms with E-state index in [0.717, 1.165) is 0 Å². The van der Waals surface area contributed by atoms with E-state index in [1.807, 2.05) is 0 Å². The predicted octanol–water partition coefficient (Wildman–Crippen LogP) is 3.92. The van der Waals surface area contributed by atoms with Crippen molar-refractivity contribution in [2.24, 2.45) is 0 Å². The van der Waals surface area contributed by atoms with Crippen LogP contribution in [0.25, 0.3) is 0 Å². The Morgan fingerprint density at radius 1 is 1.33 bits per heavy atom. The Labute approximate surface area is 120 Å². The summed E-state index contributed by atoms with van der Waals surface area (Å²) in [5, 5.41) is 0. The fourth-order valence-corrected chi connectivity index (χ4v) is 2.70. The van der Waals surface area contributed by atoms with Crippen LogP contribution >= 0.6 is 31.9 Å². The van der Waals surface area contributed by atoms with Crippen LogP contribution in [0, 0.1) is 0 Å². The number of halogens is 4. The van der Waals surface area contributed by atoms with Gasteiger partial charge in [0.25, 0.3) is 0 Å². The Morgan fingerprint density at radius 3 is 2.33 bits per heavy atom. The fraction of sp³-hybridized carbons (Fsp3) is 0.364. The lowest BCUT2D eigenvalue weighted by Crippen LogP contribution is -2.09. The highest BCUT2D eigenvalue weighted by Crippen LogP contribution is 2.32. The lowest BCUT2D eigenvalue weighted by Gasteiger charge is -2.10. The number of hydrogen-bond donors (Lipinski definition) is 0. The third kappa shape index (κ3) is 4.53. The summed E-state index contributed by atoms with van der Waals surface area (Å²) in [7, 11) is 0. The van der Waals surface area contributed by atoms with Gasteiger partial charge in [0.1, 0.15) is 5.75 Å². The van der Waals surface area contributed by atoms with Crippen LogP contribution in [0.1, 0.15) is 12.5 Å². The molecule has 0 aliphatic carbocycles. The molecular weight excluding hydrogens is 378 g/mol. The Bertz CT molecular complexity index is 415. The molecule has 1 aromatic rings. The van der Waals surface area contributed by atoms with Crippen molar-refractivity contribution in [2.45, 2.75) is 20.0 Å². The van der Waals surface area contributed by atoms with Gasteiger partial charge in [0.2, 0.25) is 0 Å². The molecule has 0 aliphatic heterocycles. The highest BCUT2D eigenvalue weighted by molar-refractivity contribution is 9.11. The van der Waals surface area contributed by atoms with E-state index in [1.165, 1.54) is 12.1 Å². The van der Waals surface area contributed by atoms with Gasteiger partial charge in [-0.1, -0.05) is 31.9 Å². The van der Waals surface area contributed by atoms with Crippen molar-refractivity contribution < 1.29 is 23.0 Å². The lowest BCUT2D eigenvalue weighted by molar-refractivity contribution is -0.142. The maximum atomic E-state index is 12.1. The van der Waals surface area contributed by atoms with E-state index >= 15 is 0 Å². The van der Waals surface area contributed by atoms with E-state index < -0.39 is 6.61 Å². The Balaban J connectivity index is 2.90. The zero-order chi connectivity index (χ0) is 13.7. The second-order valence-corrected chi connectivity index (χ2v) is 4.93. The van der Waals surface area contributed by atoms with Gasteiger partial charge >= 0.3 is 12.6 Å². The highest BCUT2D eigenvalue weighted by atomic mass is 79.9. The molecule has 0 spiro atoms. The molecule has 1 aromatic carbocycles. The molecule has 0 N–H and O–H groups in total. The number of carbonyl (C=O) groups excluding carboxylic acids is 1. The molecule has 3 nitrogen and oxygen atoms in total. The smallest absolute Gasteiger partial charge is 0.387 e. The normalized spacial score (nSPS) is 10.6. The van der Waals surface area contributed by atoms with Crippen LogP contribution in [0.3, 0.4) is 0 Å². The van der Waals surface area contributed by atoms with Crippen LogP contribution in [0.2, 0.25) is 0 Å². The molecule has 0 saturated heterocycles. The average Bonchev–Trinajstić information content (AvgIpc) is 2.23. The summed E-state index contributed by atoms with van der Waals surface area (Å²) >= 11 is 6.41. The second-order valence-electron chi connectivity index (χ2n) is 3.23. The van der Waals surface area contributed by atoms with Crippen LogP contribution in [-0.4, -0.2) is 19.2 Å². The van der Waals surface area contributed by atoms with Gasteiger partial charge in [-0.15, -0.1) is 0 Å². The standard InChI is InChI=1S/C11H10Br2F2O3/c1-2-17-10(16)5-7-8(12)3-6(4-9(7)13)18-11(14)15/h3-4,11H,2,5H2,1H3. The molecule has 7 heteroatoms.